The van der Waals surface area contributed by atoms with Crippen LogP contribution in [0, 0.1) is 17.8 Å². The first kappa shape index (κ1) is 60.7. The second kappa shape index (κ2) is 25.5. The molecule has 0 unspecified atom stereocenters. The molecule has 0 radical (unpaired) electrons. The average Bonchev–Trinajstić information content (AvgIpc) is 3.57. The number of piperidine rings is 1. The van der Waals surface area contributed by atoms with Gasteiger partial charge in [-0.3, -0.25) is 43.2 Å². The van der Waals surface area contributed by atoms with E-state index in [1.54, 1.807) is 0 Å². The molecule has 6 rings (SSSR count). The van der Waals surface area contributed by atoms with Crippen molar-refractivity contribution in [3.8, 4) is 17.2 Å². The largest absolute Gasteiger partial charge is 0.507 e. The van der Waals surface area contributed by atoms with Gasteiger partial charge in [0.05, 0.1) is 48.6 Å². The number of Topliss-reactive ketones (excluding diaryl/α,β-unsaturated/α-hetero) is 1. The molecule has 0 aromatic heterocycles. The number of nitrogens with zero attached hydrogens (tertiary/aromatic N) is 1. The molecular weight excluding hydrogens is 1020 g/mol. The van der Waals surface area contributed by atoms with Gasteiger partial charge in [0.25, 0.3) is 0 Å². The Balaban J connectivity index is 1.17. The summed E-state index contributed by atoms with van der Waals surface area (Å²) >= 11 is 0. The molecule has 0 spiro atoms. The monoisotopic (exact) mass is 1090 g/mol. The fourth-order valence-electron chi connectivity index (χ4n) is 10.9. The molecule has 6 amide bonds. The second-order valence-corrected chi connectivity index (χ2v) is 22.2. The van der Waals surface area contributed by atoms with Gasteiger partial charge in [0.2, 0.25) is 41.2 Å². The number of benzene rings is 2. The van der Waals surface area contributed by atoms with Crippen molar-refractivity contribution in [2.45, 2.75) is 174 Å². The van der Waals surface area contributed by atoms with E-state index in [0.29, 0.717) is 13.0 Å². The highest BCUT2D eigenvalue weighted by Crippen LogP contribution is 2.52. The Morgan fingerprint density at radius 2 is 1.44 bits per heavy atom. The number of phenols is 2. The van der Waals surface area contributed by atoms with Crippen LogP contribution in [0.4, 0.5) is 0 Å². The summed E-state index contributed by atoms with van der Waals surface area (Å²) < 4.78 is 17.7. The standard InChI is InChI=1S/C55H76N6O17/c1-25(2)17-33(60-54(74)36-14-10-11-16-61(36)29(8)63)51(71)56-23-40(65)57-34(18-26(3)4)52(72)59-35(19-27(5)6)53(73)58-32-20-41(77-28(7)46(32)66)78-38-22-55(75,39(64)24-62)21-31-43(38)50(70)45-44(48(31)68)47(67)30-13-12-15-37(76-9)42(30)49(45)69/h12-13,15,25-28,32-36,38,41,46,62,66,68,70,75H,10-11,14,16-24H2,1-9H3,(H,56,71)(H,57,65)(H,58,73)(H,59,72)(H,60,74)/t28-,32-,33-,34-,35-,36-,38-,41-,46+,55-/m0/s1. The smallest absolute Gasteiger partial charge is 0.243 e. The van der Waals surface area contributed by atoms with Crippen molar-refractivity contribution in [2.75, 3.05) is 26.8 Å². The maximum absolute atomic E-state index is 14.3. The maximum Gasteiger partial charge on any atom is 0.243 e. The molecule has 10 atom stereocenters. The quantitative estimate of drug-likeness (QED) is 0.0672. The lowest BCUT2D eigenvalue weighted by atomic mass is 9.72. The zero-order chi connectivity index (χ0) is 57.7. The molecule has 23 heteroatoms. The summed E-state index contributed by atoms with van der Waals surface area (Å²) in [6, 6.07) is -1.06. The zero-order valence-electron chi connectivity index (χ0n) is 45.7. The molecule has 2 aliphatic heterocycles. The lowest BCUT2D eigenvalue weighted by Crippen LogP contribution is -2.60. The number of phenolic OH excluding ortho intramolecular Hbond substituents is 2. The number of carbonyl (C=O) groups excluding carboxylic acids is 9. The number of ketones is 3. The van der Waals surface area contributed by atoms with Crippen molar-refractivity contribution in [2.24, 2.45) is 17.8 Å². The maximum atomic E-state index is 14.3. The van der Waals surface area contributed by atoms with Crippen LogP contribution in [-0.4, -0.2) is 164 Å². The number of likely N-dealkylation sites (tertiary alicyclic amines) is 1. The van der Waals surface area contributed by atoms with Crippen LogP contribution < -0.4 is 31.3 Å². The molecule has 428 valence electrons. The van der Waals surface area contributed by atoms with E-state index >= 15 is 0 Å². The molecule has 2 fully saturated rings. The Labute approximate surface area is 452 Å². The molecule has 4 aliphatic rings. The molecule has 0 bridgehead atoms. The van der Waals surface area contributed by atoms with Crippen LogP contribution in [0.1, 0.15) is 156 Å². The van der Waals surface area contributed by atoms with Crippen molar-refractivity contribution in [3.05, 3.63) is 51.6 Å². The van der Waals surface area contributed by atoms with Crippen molar-refractivity contribution < 1.29 is 82.9 Å². The van der Waals surface area contributed by atoms with E-state index in [1.165, 1.54) is 44.1 Å². The molecule has 2 aliphatic carbocycles. The van der Waals surface area contributed by atoms with E-state index in [0.717, 1.165) is 12.8 Å². The summed E-state index contributed by atoms with van der Waals surface area (Å²) in [6.45, 7) is 12.6. The normalized spacial score (nSPS) is 24.0. The van der Waals surface area contributed by atoms with Gasteiger partial charge in [0.1, 0.15) is 59.7 Å². The summed E-state index contributed by atoms with van der Waals surface area (Å²) in [5.41, 5.74) is -4.47. The predicted octanol–water partition coefficient (Wildman–Crippen LogP) is 1.27. The van der Waals surface area contributed by atoms with Gasteiger partial charge in [-0.2, -0.15) is 0 Å². The Morgan fingerprint density at radius 3 is 2.04 bits per heavy atom. The summed E-state index contributed by atoms with van der Waals surface area (Å²) in [6.07, 6.45) is -4.68. The average molecular weight is 1090 g/mol. The van der Waals surface area contributed by atoms with Crippen molar-refractivity contribution in [1.29, 1.82) is 0 Å². The van der Waals surface area contributed by atoms with Gasteiger partial charge in [-0.25, -0.2) is 0 Å². The van der Waals surface area contributed by atoms with E-state index in [4.69, 9.17) is 14.2 Å². The van der Waals surface area contributed by atoms with Crippen LogP contribution in [0.25, 0.3) is 0 Å². The number of aliphatic hydroxyl groups excluding tert-OH is 2. The summed E-state index contributed by atoms with van der Waals surface area (Å²) in [5.74, 6) is -8.25. The van der Waals surface area contributed by atoms with Crippen LogP contribution in [0.5, 0.6) is 17.2 Å². The fraction of sp³-hybridized carbons (Fsp3) is 0.618. The van der Waals surface area contributed by atoms with Gasteiger partial charge in [0, 0.05) is 49.4 Å². The van der Waals surface area contributed by atoms with Crippen molar-refractivity contribution in [3.63, 3.8) is 0 Å². The number of carbonyl (C=O) groups is 9. The number of amides is 6. The molecule has 23 nitrogen and oxygen atoms in total. The number of hydrogen-bond donors (Lipinski definition) is 10. The highest BCUT2D eigenvalue weighted by molar-refractivity contribution is 6.31. The van der Waals surface area contributed by atoms with E-state index in [9.17, 15) is 68.7 Å². The highest BCUT2D eigenvalue weighted by Gasteiger charge is 2.51. The first-order valence-electron chi connectivity index (χ1n) is 26.7. The minimum atomic E-state index is -2.44. The number of hydrogen-bond acceptors (Lipinski definition) is 17. The number of rotatable bonds is 21. The van der Waals surface area contributed by atoms with E-state index in [-0.39, 0.29) is 77.3 Å². The SMILES string of the molecule is COc1cccc2c1C(=O)c1c(O)c3c(c(O)c1C2=O)C[C@@](O)(C(=O)CO)C[C@@H]3O[C@H]1C[C@H](NC(=O)[C@H](CC(C)C)NC(=O)[C@H](CC(C)C)NC(=O)CNC(=O)[C@H](CC(C)C)NC(=O)[C@@H]2CCCCN2C(C)=O)[C@H](O)[C@H](C)O1. The van der Waals surface area contributed by atoms with E-state index in [1.807, 2.05) is 41.5 Å². The first-order chi connectivity index (χ1) is 36.7. The molecule has 0 saturated carbocycles. The summed E-state index contributed by atoms with van der Waals surface area (Å²) in [4.78, 5) is 124. The molecular formula is C55H76N6O17. The third-order valence-corrected chi connectivity index (χ3v) is 14.8. The van der Waals surface area contributed by atoms with Crippen LogP contribution in [-0.2, 0) is 49.5 Å². The van der Waals surface area contributed by atoms with Crippen LogP contribution >= 0.6 is 0 Å². The van der Waals surface area contributed by atoms with E-state index in [2.05, 4.69) is 26.6 Å². The van der Waals surface area contributed by atoms with Gasteiger partial charge in [-0.1, -0.05) is 53.7 Å². The minimum absolute atomic E-state index is 0.0193. The Bertz CT molecular complexity index is 2660. The van der Waals surface area contributed by atoms with Crippen LogP contribution in [0.15, 0.2) is 18.2 Å². The van der Waals surface area contributed by atoms with Gasteiger partial charge in [-0.15, -0.1) is 0 Å². The number of fused-ring (bicyclic) bond motifs is 3. The number of aromatic hydroxyl groups is 2. The fourth-order valence-corrected chi connectivity index (χ4v) is 10.9. The van der Waals surface area contributed by atoms with Gasteiger partial charge in [-0.05, 0) is 69.3 Å². The predicted molar refractivity (Wildman–Crippen MR) is 278 cm³/mol. The lowest BCUT2D eigenvalue weighted by molar-refractivity contribution is -0.249. The van der Waals surface area contributed by atoms with Gasteiger partial charge in [0.15, 0.2) is 17.9 Å². The number of methoxy groups -OCH3 is 1. The highest BCUT2D eigenvalue weighted by atomic mass is 16.7. The van der Waals surface area contributed by atoms with Crippen LogP contribution in [0.3, 0.4) is 0 Å². The minimum Gasteiger partial charge on any atom is -0.507 e. The topological polar surface area (TPSA) is 346 Å². The Morgan fingerprint density at radius 1 is 0.821 bits per heavy atom. The lowest BCUT2D eigenvalue weighted by Gasteiger charge is -2.43. The molecule has 78 heavy (non-hydrogen) atoms. The van der Waals surface area contributed by atoms with Crippen LogP contribution in [0.2, 0.25) is 0 Å². The third-order valence-electron chi connectivity index (χ3n) is 14.8. The Hall–Kier alpha value is -6.53. The number of aliphatic hydroxyl groups is 3. The van der Waals surface area contributed by atoms with Crippen molar-refractivity contribution >= 4 is 52.8 Å². The molecule has 10 N–H and O–H groups in total. The molecule has 2 aromatic rings. The van der Waals surface area contributed by atoms with Gasteiger partial charge < -0.3 is 71.2 Å². The first-order valence-corrected chi connectivity index (χ1v) is 26.7. The summed E-state index contributed by atoms with van der Waals surface area (Å²) in [7, 11) is 1.28. The van der Waals surface area contributed by atoms with Crippen molar-refractivity contribution in [1.82, 2.24) is 31.5 Å². The van der Waals surface area contributed by atoms with E-state index < -0.39 is 156 Å². The number of nitrogens with one attached hydrogen (secondary N) is 5. The number of ether oxygens (including phenoxy) is 3. The zero-order valence-corrected chi connectivity index (χ0v) is 45.7. The summed E-state index contributed by atoms with van der Waals surface area (Å²) in [5, 5.41) is 70.4. The molecule has 2 heterocycles. The third kappa shape index (κ3) is 13.5. The Kier molecular flexibility index (Phi) is 19.8. The molecule has 2 saturated heterocycles. The second-order valence-electron chi connectivity index (χ2n) is 22.2. The molecule has 2 aromatic carbocycles. The van der Waals surface area contributed by atoms with Gasteiger partial charge >= 0.3 is 0 Å².